The van der Waals surface area contributed by atoms with E-state index in [0.717, 1.165) is 3.57 Å². The lowest BCUT2D eigenvalue weighted by molar-refractivity contribution is -0.139. The number of halogens is 1. The van der Waals surface area contributed by atoms with Crippen LogP contribution < -0.4 is 30.3 Å². The highest BCUT2D eigenvalue weighted by Crippen LogP contribution is 2.34. The topological polar surface area (TPSA) is 120 Å². The third-order valence-electron chi connectivity index (χ3n) is 5.31. The van der Waals surface area contributed by atoms with Gasteiger partial charge in [-0.25, -0.2) is 10.2 Å². The maximum Gasteiger partial charge on any atom is 0.338 e. The molecule has 0 aliphatic carbocycles. The van der Waals surface area contributed by atoms with Gasteiger partial charge in [-0.15, -0.1) is 6.42 Å². The van der Waals surface area contributed by atoms with Crippen molar-refractivity contribution >= 4 is 58.0 Å². The quantitative estimate of drug-likeness (QED) is 0.0833. The molecule has 0 aromatic heterocycles. The Hall–Kier alpha value is -3.83. The van der Waals surface area contributed by atoms with Gasteiger partial charge in [0.1, 0.15) is 12.4 Å². The summed E-state index contributed by atoms with van der Waals surface area (Å²) < 4.78 is 22.7. The molecule has 3 rings (SSSR count). The highest BCUT2D eigenvalue weighted by atomic mass is 127. The number of para-hydroxylation sites is 1. The van der Waals surface area contributed by atoms with Crippen molar-refractivity contribution in [3.05, 3.63) is 62.4 Å². The Balaban J connectivity index is 1.69. The number of amides is 1. The van der Waals surface area contributed by atoms with Crippen LogP contribution in [0.15, 0.2) is 52.8 Å². The largest absolute Gasteiger partial charge is 0.493 e. The molecule has 0 unspecified atom stereocenters. The number of terminal acetylenes is 1. The first-order chi connectivity index (χ1) is 18.8. The van der Waals surface area contributed by atoms with Crippen molar-refractivity contribution in [3.63, 3.8) is 0 Å². The number of hydrogen-bond acceptors (Lipinski definition) is 8. The van der Waals surface area contributed by atoms with Gasteiger partial charge in [-0.1, -0.05) is 24.1 Å². The zero-order valence-electron chi connectivity index (χ0n) is 21.5. The van der Waals surface area contributed by atoms with Crippen molar-refractivity contribution in [1.29, 1.82) is 0 Å². The molecule has 3 N–H and O–H groups in total. The Morgan fingerprint density at radius 1 is 1.26 bits per heavy atom. The van der Waals surface area contributed by atoms with Crippen molar-refractivity contribution < 1.29 is 28.5 Å². The number of thiocarbonyl (C=S) groups is 1. The molecule has 1 amide bonds. The number of hydrogen-bond donors (Lipinski definition) is 3. The van der Waals surface area contributed by atoms with Gasteiger partial charge in [0.2, 0.25) is 0 Å². The van der Waals surface area contributed by atoms with Crippen LogP contribution in [-0.4, -0.2) is 50.1 Å². The number of rotatable bonds is 11. The van der Waals surface area contributed by atoms with Gasteiger partial charge < -0.3 is 29.6 Å². The maximum absolute atomic E-state index is 12.7. The molecule has 2 aromatic carbocycles. The second-order valence-electron chi connectivity index (χ2n) is 7.94. The third kappa shape index (κ3) is 7.84. The average Bonchev–Trinajstić information content (AvgIpc) is 2.90. The molecule has 0 bridgehead atoms. The predicted octanol–water partition coefficient (Wildman–Crippen LogP) is 3.20. The van der Waals surface area contributed by atoms with E-state index in [-0.39, 0.29) is 19.8 Å². The minimum Gasteiger partial charge on any atom is -0.493 e. The summed E-state index contributed by atoms with van der Waals surface area (Å²) in [6, 6.07) is 9.95. The van der Waals surface area contributed by atoms with Gasteiger partial charge >= 0.3 is 5.97 Å². The first kappa shape index (κ1) is 29.7. The fourth-order valence-corrected chi connectivity index (χ4v) is 4.73. The SMILES string of the molecule is C#CCOc1c(I)cc(C=NNC(=O)COc2ccccc2[C@@H]2NC(=S)NC(C)=C2C(=O)OCC)cc1OC. The summed E-state index contributed by atoms with van der Waals surface area (Å²) in [6.07, 6.45) is 6.74. The molecule has 10 nitrogen and oxygen atoms in total. The van der Waals surface area contributed by atoms with Crippen molar-refractivity contribution in [2.75, 3.05) is 26.9 Å². The second-order valence-corrected chi connectivity index (χ2v) is 9.51. The van der Waals surface area contributed by atoms with Gasteiger partial charge in [-0.2, -0.15) is 5.10 Å². The van der Waals surface area contributed by atoms with Crippen LogP contribution in [0.4, 0.5) is 0 Å². The highest BCUT2D eigenvalue weighted by molar-refractivity contribution is 14.1. The first-order valence-corrected chi connectivity index (χ1v) is 13.2. The summed E-state index contributed by atoms with van der Waals surface area (Å²) in [7, 11) is 1.52. The van der Waals surface area contributed by atoms with E-state index in [9.17, 15) is 9.59 Å². The zero-order chi connectivity index (χ0) is 28.4. The van der Waals surface area contributed by atoms with Crippen molar-refractivity contribution in [2.24, 2.45) is 5.10 Å². The van der Waals surface area contributed by atoms with Crippen molar-refractivity contribution in [1.82, 2.24) is 16.1 Å². The van der Waals surface area contributed by atoms with E-state index in [4.69, 9.17) is 37.6 Å². The number of carbonyl (C=O) groups is 2. The smallest absolute Gasteiger partial charge is 0.338 e. The van der Waals surface area contributed by atoms with Gasteiger partial charge in [0, 0.05) is 11.3 Å². The average molecular weight is 663 g/mol. The van der Waals surface area contributed by atoms with Gasteiger partial charge in [-0.3, -0.25) is 4.79 Å². The Morgan fingerprint density at radius 2 is 2.03 bits per heavy atom. The molecule has 0 saturated heterocycles. The Labute approximate surface area is 245 Å². The molecular weight excluding hydrogens is 635 g/mol. The lowest BCUT2D eigenvalue weighted by atomic mass is 9.95. The van der Waals surface area contributed by atoms with E-state index in [1.165, 1.54) is 13.3 Å². The van der Waals surface area contributed by atoms with Crippen molar-refractivity contribution in [3.8, 4) is 29.6 Å². The predicted molar refractivity (Wildman–Crippen MR) is 159 cm³/mol. The van der Waals surface area contributed by atoms with Crippen LogP contribution in [0.5, 0.6) is 17.2 Å². The minimum absolute atomic E-state index is 0.111. The summed E-state index contributed by atoms with van der Waals surface area (Å²) in [4.78, 5) is 25.2. The Bertz CT molecular complexity index is 1350. The Morgan fingerprint density at radius 3 is 2.74 bits per heavy atom. The third-order valence-corrected chi connectivity index (χ3v) is 6.33. The molecule has 0 fully saturated rings. The number of benzene rings is 2. The fraction of sp³-hybridized carbons (Fsp3) is 0.259. The van der Waals surface area contributed by atoms with Gasteiger partial charge in [0.05, 0.1) is 35.1 Å². The van der Waals surface area contributed by atoms with Crippen LogP contribution in [0, 0.1) is 15.9 Å². The molecule has 1 heterocycles. The number of allylic oxidation sites excluding steroid dienone is 1. The number of nitrogens with one attached hydrogen (secondary N) is 3. The van der Waals surface area contributed by atoms with Crippen LogP contribution in [0.1, 0.15) is 31.0 Å². The fourth-order valence-electron chi connectivity index (χ4n) is 3.68. The lowest BCUT2D eigenvalue weighted by Gasteiger charge is -2.30. The standard InChI is InChI=1S/C27H27IN4O6S/c1-5-11-37-25-19(28)12-17(13-21(25)35-4)14-29-32-22(33)15-38-20-10-8-7-9-18(20)24-23(26(34)36-6-2)16(3)30-27(39)31-24/h1,7-10,12-14,24H,6,11,15H2,2-4H3,(H,32,33)(H2,30,31,39)/t24-/m0/s1. The molecule has 2 aromatic rings. The summed E-state index contributed by atoms with van der Waals surface area (Å²) >= 11 is 7.40. The van der Waals surface area contributed by atoms with Gasteiger partial charge in [0.25, 0.3) is 5.91 Å². The van der Waals surface area contributed by atoms with Crippen LogP contribution in [-0.2, 0) is 14.3 Å². The van der Waals surface area contributed by atoms with E-state index in [1.54, 1.807) is 44.2 Å². The van der Waals surface area contributed by atoms with E-state index in [1.807, 2.05) is 6.07 Å². The number of nitrogens with zero attached hydrogens (tertiary/aromatic N) is 1. The van der Waals surface area contributed by atoms with Gasteiger partial charge in [-0.05, 0) is 72.4 Å². The van der Waals surface area contributed by atoms with E-state index in [0.29, 0.717) is 44.8 Å². The molecule has 0 radical (unpaired) electrons. The second kappa shape index (κ2) is 14.4. The highest BCUT2D eigenvalue weighted by Gasteiger charge is 2.32. The number of carbonyl (C=O) groups excluding carboxylic acids is 2. The summed E-state index contributed by atoms with van der Waals surface area (Å²) in [6.45, 7) is 3.49. The lowest BCUT2D eigenvalue weighted by Crippen LogP contribution is -2.45. The normalized spacial score (nSPS) is 14.6. The van der Waals surface area contributed by atoms with Crippen molar-refractivity contribution in [2.45, 2.75) is 19.9 Å². The van der Waals surface area contributed by atoms with Crippen LogP contribution in [0.2, 0.25) is 0 Å². The number of esters is 1. The summed E-state index contributed by atoms with van der Waals surface area (Å²) in [5, 5.41) is 10.4. The first-order valence-electron chi connectivity index (χ1n) is 11.7. The number of ether oxygens (including phenoxy) is 4. The molecule has 1 aliphatic rings. The number of hydrazone groups is 1. The van der Waals surface area contributed by atoms with Crippen LogP contribution >= 0.6 is 34.8 Å². The summed E-state index contributed by atoms with van der Waals surface area (Å²) in [5.74, 6) is 2.87. The molecule has 0 saturated carbocycles. The molecule has 1 atom stereocenters. The van der Waals surface area contributed by atoms with Crippen LogP contribution in [0.25, 0.3) is 0 Å². The monoisotopic (exact) mass is 662 g/mol. The maximum atomic E-state index is 12.7. The van der Waals surface area contributed by atoms with E-state index in [2.05, 4.69) is 49.7 Å². The van der Waals surface area contributed by atoms with E-state index < -0.39 is 17.9 Å². The van der Waals surface area contributed by atoms with E-state index >= 15 is 0 Å². The summed E-state index contributed by atoms with van der Waals surface area (Å²) in [5.41, 5.74) is 4.68. The molecule has 204 valence electrons. The minimum atomic E-state index is -0.625. The molecule has 12 heteroatoms. The molecular formula is C27H27IN4O6S. The molecule has 0 spiro atoms. The Kier molecular flexibility index (Phi) is 10.9. The molecule has 1 aliphatic heterocycles. The van der Waals surface area contributed by atoms with Crippen LogP contribution in [0.3, 0.4) is 0 Å². The number of methoxy groups -OCH3 is 1. The van der Waals surface area contributed by atoms with Gasteiger partial charge in [0.15, 0.2) is 23.2 Å². The zero-order valence-corrected chi connectivity index (χ0v) is 24.5. The molecule has 39 heavy (non-hydrogen) atoms.